The third kappa shape index (κ3) is 6.86. The summed E-state index contributed by atoms with van der Waals surface area (Å²) < 4.78 is 8.49. The number of aromatic nitrogens is 2. The van der Waals surface area contributed by atoms with Crippen LogP contribution >= 0.6 is 0 Å². The molecule has 0 radical (unpaired) electrons. The molecule has 0 unspecified atom stereocenters. The molecule has 4 rings (SSSR count). The number of nitrogens with one attached hydrogen (secondary N) is 3. The van der Waals surface area contributed by atoms with Gasteiger partial charge in [0.15, 0.2) is 0 Å². The SMILES string of the molecule is COc1cccc(/C=C/c2ccc(C(=O)Nc3cc(C(=O)Nc4cc(C(=O)NCCN)n(C)c4)n(C)c3)cc2)c1. The molecule has 3 amide bonds. The number of hydrogen-bond acceptors (Lipinski definition) is 5. The van der Waals surface area contributed by atoms with E-state index in [-0.39, 0.29) is 17.7 Å². The van der Waals surface area contributed by atoms with E-state index in [1.165, 1.54) is 0 Å². The number of nitrogens with two attached hydrogens (primary N) is 1. The maximum absolute atomic E-state index is 12.9. The minimum absolute atomic E-state index is 0.279. The second-order valence-corrected chi connectivity index (χ2v) is 9.13. The molecule has 10 nitrogen and oxygen atoms in total. The van der Waals surface area contributed by atoms with Crippen molar-refractivity contribution >= 4 is 41.2 Å². The van der Waals surface area contributed by atoms with Gasteiger partial charge in [-0.05, 0) is 47.5 Å². The van der Waals surface area contributed by atoms with Gasteiger partial charge in [-0.25, -0.2) is 0 Å². The average molecular weight is 541 g/mol. The van der Waals surface area contributed by atoms with Gasteiger partial charge in [-0.15, -0.1) is 0 Å². The smallest absolute Gasteiger partial charge is 0.272 e. The van der Waals surface area contributed by atoms with E-state index in [4.69, 9.17) is 10.5 Å². The van der Waals surface area contributed by atoms with E-state index in [1.54, 1.807) is 67.0 Å². The number of hydrogen-bond donors (Lipinski definition) is 4. The third-order valence-corrected chi connectivity index (χ3v) is 6.16. The van der Waals surface area contributed by atoms with Crippen LogP contribution in [0.25, 0.3) is 12.2 Å². The number of rotatable bonds is 10. The van der Waals surface area contributed by atoms with Gasteiger partial charge in [-0.2, -0.15) is 0 Å². The highest BCUT2D eigenvalue weighted by Gasteiger charge is 2.17. The zero-order valence-corrected chi connectivity index (χ0v) is 22.6. The maximum Gasteiger partial charge on any atom is 0.272 e. The standard InChI is InChI=1S/C30H32N6O4/c1-35-19-24(16-26(35)29(38)32-14-13-31)34-30(39)27-17-23(18-36(27)2)33-28(37)22-11-9-20(10-12-22)7-8-21-5-4-6-25(15-21)40-3/h4-12,15-19H,13-14,31H2,1-3H3,(H,32,38)(H,33,37)(H,34,39)/b8-7+. The topological polar surface area (TPSA) is 132 Å². The Hall–Kier alpha value is -5.09. The fourth-order valence-electron chi connectivity index (χ4n) is 4.08. The molecule has 0 aliphatic carbocycles. The lowest BCUT2D eigenvalue weighted by atomic mass is 10.1. The summed E-state index contributed by atoms with van der Waals surface area (Å²) in [6.07, 6.45) is 7.24. The molecule has 2 aromatic heterocycles. The lowest BCUT2D eigenvalue weighted by Gasteiger charge is -2.04. The minimum Gasteiger partial charge on any atom is -0.497 e. The van der Waals surface area contributed by atoms with Gasteiger partial charge < -0.3 is 35.6 Å². The Labute approximate surface area is 232 Å². The van der Waals surface area contributed by atoms with E-state index in [1.807, 2.05) is 48.6 Å². The van der Waals surface area contributed by atoms with E-state index >= 15 is 0 Å². The number of amides is 3. The summed E-state index contributed by atoms with van der Waals surface area (Å²) in [6.45, 7) is 0.689. The molecule has 5 N–H and O–H groups in total. The van der Waals surface area contributed by atoms with Crippen LogP contribution in [-0.4, -0.2) is 47.1 Å². The summed E-state index contributed by atoms with van der Waals surface area (Å²) in [5.41, 5.74) is 9.56. The highest BCUT2D eigenvalue weighted by molar-refractivity contribution is 6.07. The number of carbonyl (C=O) groups excluding carboxylic acids is 3. The van der Waals surface area contributed by atoms with Crippen molar-refractivity contribution in [1.29, 1.82) is 0 Å². The number of nitrogens with zero attached hydrogens (tertiary/aromatic N) is 2. The first kappa shape index (κ1) is 27.9. The second kappa shape index (κ2) is 12.6. The Kier molecular flexibility index (Phi) is 8.82. The number of ether oxygens (including phenoxy) is 1. The first-order valence-corrected chi connectivity index (χ1v) is 12.6. The zero-order valence-electron chi connectivity index (χ0n) is 22.6. The number of anilines is 2. The molecule has 0 aliphatic rings. The average Bonchev–Trinajstić information content (AvgIpc) is 3.51. The van der Waals surface area contributed by atoms with Gasteiger partial charge in [0.25, 0.3) is 17.7 Å². The summed E-state index contributed by atoms with van der Waals surface area (Å²) in [7, 11) is 5.06. The molecular weight excluding hydrogens is 508 g/mol. The van der Waals surface area contributed by atoms with Crippen molar-refractivity contribution in [2.75, 3.05) is 30.8 Å². The van der Waals surface area contributed by atoms with Crippen molar-refractivity contribution in [3.8, 4) is 5.75 Å². The van der Waals surface area contributed by atoms with Crippen molar-refractivity contribution < 1.29 is 19.1 Å². The highest BCUT2D eigenvalue weighted by atomic mass is 16.5. The van der Waals surface area contributed by atoms with Gasteiger partial charge in [-0.1, -0.05) is 36.4 Å². The van der Waals surface area contributed by atoms with Crippen molar-refractivity contribution in [1.82, 2.24) is 14.5 Å². The van der Waals surface area contributed by atoms with Crippen LogP contribution in [0.1, 0.15) is 42.5 Å². The number of methoxy groups -OCH3 is 1. The van der Waals surface area contributed by atoms with E-state index in [9.17, 15) is 14.4 Å². The molecule has 0 saturated heterocycles. The number of aryl methyl sites for hydroxylation is 2. The largest absolute Gasteiger partial charge is 0.497 e. The Bertz CT molecular complexity index is 1550. The highest BCUT2D eigenvalue weighted by Crippen LogP contribution is 2.19. The maximum atomic E-state index is 12.9. The summed E-state index contributed by atoms with van der Waals surface area (Å²) >= 11 is 0. The summed E-state index contributed by atoms with van der Waals surface area (Å²) in [5, 5.41) is 8.33. The van der Waals surface area contributed by atoms with Crippen molar-refractivity contribution in [2.24, 2.45) is 19.8 Å². The quantitative estimate of drug-likeness (QED) is 0.228. The van der Waals surface area contributed by atoms with E-state index in [0.29, 0.717) is 41.4 Å². The second-order valence-electron chi connectivity index (χ2n) is 9.13. The molecule has 4 aromatic rings. The van der Waals surface area contributed by atoms with Crippen molar-refractivity contribution in [2.45, 2.75) is 0 Å². The van der Waals surface area contributed by atoms with Crippen molar-refractivity contribution in [3.05, 3.63) is 101 Å². The molecule has 10 heteroatoms. The van der Waals surface area contributed by atoms with Gasteiger partial charge in [0.05, 0.1) is 18.5 Å². The van der Waals surface area contributed by atoms with Gasteiger partial charge in [-0.3, -0.25) is 14.4 Å². The fourth-order valence-corrected chi connectivity index (χ4v) is 4.08. The lowest BCUT2D eigenvalue weighted by molar-refractivity contribution is 0.0945. The monoisotopic (exact) mass is 540 g/mol. The zero-order chi connectivity index (χ0) is 28.6. The Morgan fingerprint density at radius 2 is 1.40 bits per heavy atom. The van der Waals surface area contributed by atoms with Crippen LogP contribution in [0.4, 0.5) is 11.4 Å². The van der Waals surface area contributed by atoms with E-state index in [2.05, 4.69) is 16.0 Å². The van der Waals surface area contributed by atoms with Gasteiger partial charge in [0.2, 0.25) is 0 Å². The molecular formula is C30H32N6O4. The first-order valence-electron chi connectivity index (χ1n) is 12.6. The molecule has 206 valence electrons. The molecule has 0 aliphatic heterocycles. The Morgan fingerprint density at radius 1 is 0.800 bits per heavy atom. The molecule has 40 heavy (non-hydrogen) atoms. The predicted molar refractivity (Wildman–Crippen MR) is 156 cm³/mol. The van der Waals surface area contributed by atoms with Crippen LogP contribution in [0.3, 0.4) is 0 Å². The van der Waals surface area contributed by atoms with Gasteiger partial charge in [0.1, 0.15) is 17.1 Å². The van der Waals surface area contributed by atoms with Crippen molar-refractivity contribution in [3.63, 3.8) is 0 Å². The number of benzene rings is 2. The minimum atomic E-state index is -0.380. The molecule has 2 heterocycles. The molecule has 2 aromatic carbocycles. The molecule has 0 fully saturated rings. The number of carbonyl (C=O) groups is 3. The van der Waals surface area contributed by atoms with E-state index < -0.39 is 0 Å². The summed E-state index contributed by atoms with van der Waals surface area (Å²) in [6, 6.07) is 18.1. The lowest BCUT2D eigenvalue weighted by Crippen LogP contribution is -2.30. The molecule has 0 atom stereocenters. The van der Waals surface area contributed by atoms with Crippen LogP contribution in [0, 0.1) is 0 Å². The Balaban J connectivity index is 1.37. The predicted octanol–water partition coefficient (Wildman–Crippen LogP) is 3.74. The van der Waals surface area contributed by atoms with E-state index in [0.717, 1.165) is 16.9 Å². The normalized spacial score (nSPS) is 10.9. The molecule has 0 spiro atoms. The van der Waals surface area contributed by atoms with Gasteiger partial charge >= 0.3 is 0 Å². The van der Waals surface area contributed by atoms with Crippen LogP contribution < -0.4 is 26.4 Å². The fraction of sp³-hybridized carbons (Fsp3) is 0.167. The van der Waals surface area contributed by atoms with Crippen LogP contribution in [-0.2, 0) is 14.1 Å². The third-order valence-electron chi connectivity index (χ3n) is 6.16. The van der Waals surface area contributed by atoms with Crippen LogP contribution in [0.15, 0.2) is 73.1 Å². The van der Waals surface area contributed by atoms with Crippen LogP contribution in [0.5, 0.6) is 5.75 Å². The molecule has 0 saturated carbocycles. The summed E-state index contributed by atoms with van der Waals surface area (Å²) in [4.78, 5) is 38.0. The molecule has 0 bridgehead atoms. The summed E-state index contributed by atoms with van der Waals surface area (Å²) in [5.74, 6) is -0.169. The van der Waals surface area contributed by atoms with Crippen LogP contribution in [0.2, 0.25) is 0 Å². The van der Waals surface area contributed by atoms with Gasteiger partial charge in [0, 0.05) is 45.1 Å². The Morgan fingerprint density at radius 3 is 2.02 bits per heavy atom. The first-order chi connectivity index (χ1) is 19.3.